The number of pyridine rings is 1. The van der Waals surface area contributed by atoms with Gasteiger partial charge in [0.05, 0.1) is 13.7 Å². The van der Waals surface area contributed by atoms with Crippen molar-refractivity contribution in [1.82, 2.24) is 9.88 Å². The fourth-order valence-electron chi connectivity index (χ4n) is 1.45. The molecule has 0 bridgehead atoms. The van der Waals surface area contributed by atoms with E-state index in [2.05, 4.69) is 4.98 Å². The van der Waals surface area contributed by atoms with E-state index in [9.17, 15) is 4.79 Å². The minimum Gasteiger partial charge on any atom is -0.481 e. The van der Waals surface area contributed by atoms with Crippen molar-refractivity contribution in [2.45, 2.75) is 26.4 Å². The first-order chi connectivity index (χ1) is 8.02. The van der Waals surface area contributed by atoms with Gasteiger partial charge in [0.25, 0.3) is 0 Å². The summed E-state index contributed by atoms with van der Waals surface area (Å²) in [4.78, 5) is 16.7. The number of rotatable bonds is 6. The van der Waals surface area contributed by atoms with Crippen LogP contribution in [0, 0.1) is 0 Å². The van der Waals surface area contributed by atoms with E-state index in [4.69, 9.17) is 9.84 Å². The third-order valence-corrected chi connectivity index (χ3v) is 2.46. The lowest BCUT2D eigenvalue weighted by Gasteiger charge is -2.24. The molecule has 17 heavy (non-hydrogen) atoms. The van der Waals surface area contributed by atoms with Gasteiger partial charge >= 0.3 is 5.97 Å². The maximum atomic E-state index is 10.7. The van der Waals surface area contributed by atoms with E-state index in [0.717, 1.165) is 5.56 Å². The summed E-state index contributed by atoms with van der Waals surface area (Å²) >= 11 is 0. The molecule has 94 valence electrons. The van der Waals surface area contributed by atoms with Gasteiger partial charge in [-0.25, -0.2) is 4.98 Å². The van der Waals surface area contributed by atoms with Crippen LogP contribution in [0.3, 0.4) is 0 Å². The third kappa shape index (κ3) is 4.40. The van der Waals surface area contributed by atoms with Crippen molar-refractivity contribution in [3.8, 4) is 5.88 Å². The Labute approximate surface area is 101 Å². The van der Waals surface area contributed by atoms with E-state index in [1.54, 1.807) is 19.4 Å². The van der Waals surface area contributed by atoms with Crippen LogP contribution < -0.4 is 4.74 Å². The van der Waals surface area contributed by atoms with E-state index in [-0.39, 0.29) is 12.6 Å². The van der Waals surface area contributed by atoms with Crippen LogP contribution in [0.15, 0.2) is 18.3 Å². The first kappa shape index (κ1) is 13.4. The predicted octanol–water partition coefficient (Wildman–Crippen LogP) is 1.39. The number of nitrogens with zero attached hydrogens (tertiary/aromatic N) is 2. The summed E-state index contributed by atoms with van der Waals surface area (Å²) in [6.07, 6.45) is 1.70. The Morgan fingerprint density at radius 1 is 1.53 bits per heavy atom. The number of aromatic nitrogens is 1. The molecule has 0 aromatic carbocycles. The molecule has 5 nitrogen and oxygen atoms in total. The van der Waals surface area contributed by atoms with Gasteiger partial charge in [0.15, 0.2) is 0 Å². The highest BCUT2D eigenvalue weighted by atomic mass is 16.5. The van der Waals surface area contributed by atoms with Gasteiger partial charge < -0.3 is 9.84 Å². The maximum Gasteiger partial charge on any atom is 0.317 e. The van der Waals surface area contributed by atoms with E-state index in [1.165, 1.54) is 0 Å². The molecule has 1 N–H and O–H groups in total. The van der Waals surface area contributed by atoms with Crippen molar-refractivity contribution in [2.75, 3.05) is 13.7 Å². The zero-order chi connectivity index (χ0) is 12.8. The smallest absolute Gasteiger partial charge is 0.317 e. The molecule has 1 heterocycles. The lowest BCUT2D eigenvalue weighted by molar-refractivity contribution is -0.138. The molecule has 1 aromatic heterocycles. The number of methoxy groups -OCH3 is 1. The molecule has 0 saturated carbocycles. The average Bonchev–Trinajstić information content (AvgIpc) is 2.28. The largest absolute Gasteiger partial charge is 0.481 e. The Morgan fingerprint density at radius 2 is 2.24 bits per heavy atom. The quantitative estimate of drug-likeness (QED) is 0.811. The Hall–Kier alpha value is -1.62. The normalized spacial score (nSPS) is 10.9. The van der Waals surface area contributed by atoms with E-state index >= 15 is 0 Å². The Morgan fingerprint density at radius 3 is 2.65 bits per heavy atom. The van der Waals surface area contributed by atoms with Crippen LogP contribution in [0.1, 0.15) is 19.4 Å². The summed E-state index contributed by atoms with van der Waals surface area (Å²) in [5, 5.41) is 8.82. The van der Waals surface area contributed by atoms with Crippen molar-refractivity contribution in [3.05, 3.63) is 23.9 Å². The van der Waals surface area contributed by atoms with E-state index in [0.29, 0.717) is 12.4 Å². The molecule has 0 radical (unpaired) electrons. The topological polar surface area (TPSA) is 62.7 Å². The first-order valence-corrected chi connectivity index (χ1v) is 5.47. The Balaban J connectivity index is 2.68. The number of carboxylic acids is 1. The highest BCUT2D eigenvalue weighted by Crippen LogP contribution is 2.10. The van der Waals surface area contributed by atoms with Gasteiger partial charge in [0, 0.05) is 24.8 Å². The van der Waals surface area contributed by atoms with Gasteiger partial charge in [0.2, 0.25) is 5.88 Å². The highest BCUT2D eigenvalue weighted by Gasteiger charge is 2.13. The van der Waals surface area contributed by atoms with Crippen LogP contribution in [0.2, 0.25) is 0 Å². The fourth-order valence-corrected chi connectivity index (χ4v) is 1.45. The first-order valence-electron chi connectivity index (χ1n) is 5.47. The SMILES string of the molecule is COc1ccc(CN(CC(=O)O)C(C)C)cn1. The van der Waals surface area contributed by atoms with Crippen molar-refractivity contribution < 1.29 is 14.6 Å². The summed E-state index contributed by atoms with van der Waals surface area (Å²) in [6, 6.07) is 3.84. The van der Waals surface area contributed by atoms with Crippen LogP contribution >= 0.6 is 0 Å². The molecule has 0 saturated heterocycles. The van der Waals surface area contributed by atoms with Gasteiger partial charge in [-0.15, -0.1) is 0 Å². The summed E-state index contributed by atoms with van der Waals surface area (Å²) in [6.45, 7) is 4.55. The maximum absolute atomic E-state index is 10.7. The molecule has 0 atom stereocenters. The molecule has 0 aliphatic carbocycles. The van der Waals surface area contributed by atoms with E-state index in [1.807, 2.05) is 24.8 Å². The number of hydrogen-bond donors (Lipinski definition) is 1. The predicted molar refractivity (Wildman–Crippen MR) is 64.0 cm³/mol. The molecular weight excluding hydrogens is 220 g/mol. The zero-order valence-corrected chi connectivity index (χ0v) is 10.4. The van der Waals surface area contributed by atoms with Crippen molar-refractivity contribution in [2.24, 2.45) is 0 Å². The second kappa shape index (κ2) is 6.20. The molecule has 0 unspecified atom stereocenters. The minimum atomic E-state index is -0.819. The summed E-state index contributed by atoms with van der Waals surface area (Å²) in [5.74, 6) is -0.261. The Bertz CT molecular complexity index is 363. The van der Waals surface area contributed by atoms with Gasteiger partial charge in [-0.2, -0.15) is 0 Å². The molecule has 0 spiro atoms. The summed E-state index contributed by atoms with van der Waals surface area (Å²) in [5.41, 5.74) is 0.973. The number of ether oxygens (including phenoxy) is 1. The molecular formula is C12H18N2O3. The number of hydrogen-bond acceptors (Lipinski definition) is 4. The van der Waals surface area contributed by atoms with Gasteiger partial charge in [0.1, 0.15) is 0 Å². The van der Waals surface area contributed by atoms with Gasteiger partial charge in [-0.05, 0) is 19.4 Å². The van der Waals surface area contributed by atoms with Crippen molar-refractivity contribution in [1.29, 1.82) is 0 Å². The van der Waals surface area contributed by atoms with Crippen molar-refractivity contribution >= 4 is 5.97 Å². The third-order valence-electron chi connectivity index (χ3n) is 2.46. The molecule has 0 aliphatic heterocycles. The van der Waals surface area contributed by atoms with Crippen molar-refractivity contribution in [3.63, 3.8) is 0 Å². The molecule has 1 aromatic rings. The van der Waals surface area contributed by atoms with Gasteiger partial charge in [-0.1, -0.05) is 6.07 Å². The molecule has 0 fully saturated rings. The number of carboxylic acid groups (broad SMARTS) is 1. The zero-order valence-electron chi connectivity index (χ0n) is 10.4. The minimum absolute atomic E-state index is 0.0314. The van der Waals surface area contributed by atoms with Crippen LogP contribution in [0.25, 0.3) is 0 Å². The fraction of sp³-hybridized carbons (Fsp3) is 0.500. The monoisotopic (exact) mass is 238 g/mol. The molecule has 0 amide bonds. The van der Waals surface area contributed by atoms with Crippen LogP contribution in [-0.2, 0) is 11.3 Å². The average molecular weight is 238 g/mol. The summed E-state index contributed by atoms with van der Waals surface area (Å²) < 4.78 is 4.97. The standard InChI is InChI=1S/C12H18N2O3/c1-9(2)14(8-12(15)16)7-10-4-5-11(17-3)13-6-10/h4-6,9H,7-8H2,1-3H3,(H,15,16). The molecule has 5 heteroatoms. The highest BCUT2D eigenvalue weighted by molar-refractivity contribution is 5.69. The van der Waals surface area contributed by atoms with Gasteiger partial charge in [-0.3, -0.25) is 9.69 Å². The number of aliphatic carboxylic acids is 1. The van der Waals surface area contributed by atoms with Crippen LogP contribution in [-0.4, -0.2) is 40.7 Å². The second-order valence-electron chi connectivity index (χ2n) is 4.10. The van der Waals surface area contributed by atoms with E-state index < -0.39 is 5.97 Å². The van der Waals surface area contributed by atoms with Crippen LogP contribution in [0.5, 0.6) is 5.88 Å². The lowest BCUT2D eigenvalue weighted by Crippen LogP contribution is -2.35. The second-order valence-corrected chi connectivity index (χ2v) is 4.10. The lowest BCUT2D eigenvalue weighted by atomic mass is 10.2. The van der Waals surface area contributed by atoms with Crippen LogP contribution in [0.4, 0.5) is 0 Å². The Kier molecular flexibility index (Phi) is 4.90. The molecule has 1 rings (SSSR count). The molecule has 0 aliphatic rings. The summed E-state index contributed by atoms with van der Waals surface area (Å²) in [7, 11) is 1.56. The number of carbonyl (C=O) groups is 1.